The Morgan fingerprint density at radius 1 is 1.00 bits per heavy atom. The zero-order chi connectivity index (χ0) is 20.9. The quantitative estimate of drug-likeness (QED) is 0.712. The molecule has 0 atom stereocenters. The number of hydrogen-bond acceptors (Lipinski definition) is 5. The average Bonchev–Trinajstić information content (AvgIpc) is 2.74. The van der Waals surface area contributed by atoms with Crippen molar-refractivity contribution >= 4 is 15.9 Å². The van der Waals surface area contributed by atoms with E-state index in [1.54, 1.807) is 42.5 Å². The summed E-state index contributed by atoms with van der Waals surface area (Å²) in [5.74, 6) is 1.03. The number of ether oxygens (including phenoxy) is 2. The Hall–Kier alpha value is -2.58. The fraction of sp³-hybridized carbons (Fsp3) is 0.381. The van der Waals surface area contributed by atoms with Gasteiger partial charge in [-0.05, 0) is 42.3 Å². The molecule has 0 radical (unpaired) electrons. The van der Waals surface area contributed by atoms with Crippen molar-refractivity contribution in [2.75, 3.05) is 32.8 Å². The van der Waals surface area contributed by atoms with Crippen molar-refractivity contribution in [3.05, 3.63) is 53.6 Å². The molecule has 0 saturated heterocycles. The average molecular weight is 419 g/mol. The Labute approximate surface area is 171 Å². The number of hydrogen-bond donors (Lipinski definition) is 1. The molecule has 0 spiro atoms. The van der Waals surface area contributed by atoms with Gasteiger partial charge in [-0.3, -0.25) is 4.79 Å². The predicted octanol–water partition coefficient (Wildman–Crippen LogP) is 2.46. The van der Waals surface area contributed by atoms with Gasteiger partial charge >= 0.3 is 0 Å². The van der Waals surface area contributed by atoms with E-state index >= 15 is 0 Å². The molecule has 1 aliphatic rings. The molecule has 2 aromatic rings. The van der Waals surface area contributed by atoms with Gasteiger partial charge in [0, 0.05) is 25.2 Å². The van der Waals surface area contributed by atoms with E-state index in [1.165, 1.54) is 4.31 Å². The smallest absolute Gasteiger partial charge is 0.251 e. The summed E-state index contributed by atoms with van der Waals surface area (Å²) in [4.78, 5) is 12.6. The first-order valence-electron chi connectivity index (χ1n) is 9.72. The fourth-order valence-electron chi connectivity index (χ4n) is 3.15. The molecule has 156 valence electrons. The number of carbonyl (C=O) groups is 1. The molecule has 2 aromatic carbocycles. The predicted molar refractivity (Wildman–Crippen MR) is 110 cm³/mol. The monoisotopic (exact) mass is 418 g/mol. The molecule has 8 heteroatoms. The summed E-state index contributed by atoms with van der Waals surface area (Å²) in [7, 11) is -3.45. The third-order valence-electron chi connectivity index (χ3n) is 4.77. The standard InChI is InChI=1S/C21H26N2O5S/c1-3-23(4-2)29(25,26)18-8-5-16(6-9-18)11-12-22-21(24)17-7-10-19-20(15-17)28-14-13-27-19/h5-10,15H,3-4,11-14H2,1-2H3,(H,22,24). The van der Waals surface area contributed by atoms with Crippen LogP contribution in [-0.2, 0) is 16.4 Å². The van der Waals surface area contributed by atoms with Crippen molar-refractivity contribution < 1.29 is 22.7 Å². The molecule has 1 N–H and O–H groups in total. The summed E-state index contributed by atoms with van der Waals surface area (Å²) in [6.07, 6.45) is 0.599. The molecular formula is C21H26N2O5S. The zero-order valence-electron chi connectivity index (χ0n) is 16.7. The Morgan fingerprint density at radius 2 is 1.66 bits per heavy atom. The minimum absolute atomic E-state index is 0.192. The first-order chi connectivity index (χ1) is 14.0. The number of rotatable bonds is 8. The molecule has 0 aliphatic carbocycles. The van der Waals surface area contributed by atoms with Crippen LogP contribution in [0.5, 0.6) is 11.5 Å². The largest absolute Gasteiger partial charge is 0.486 e. The molecule has 0 aromatic heterocycles. The van der Waals surface area contributed by atoms with Gasteiger partial charge in [-0.1, -0.05) is 26.0 Å². The van der Waals surface area contributed by atoms with Gasteiger partial charge in [0.15, 0.2) is 11.5 Å². The number of nitrogens with zero attached hydrogens (tertiary/aromatic N) is 1. The topological polar surface area (TPSA) is 84.9 Å². The number of amides is 1. The minimum atomic E-state index is -3.45. The second kappa shape index (κ2) is 9.28. The lowest BCUT2D eigenvalue weighted by atomic mass is 10.1. The highest BCUT2D eigenvalue weighted by molar-refractivity contribution is 7.89. The maximum Gasteiger partial charge on any atom is 0.251 e. The van der Waals surface area contributed by atoms with Crippen LogP contribution in [0.15, 0.2) is 47.4 Å². The van der Waals surface area contributed by atoms with Gasteiger partial charge in [0.25, 0.3) is 5.91 Å². The third kappa shape index (κ3) is 4.89. The molecule has 0 fully saturated rings. The van der Waals surface area contributed by atoms with Gasteiger partial charge in [0.2, 0.25) is 10.0 Å². The van der Waals surface area contributed by atoms with E-state index in [0.29, 0.717) is 56.3 Å². The maximum atomic E-state index is 12.5. The highest BCUT2D eigenvalue weighted by Crippen LogP contribution is 2.30. The van der Waals surface area contributed by atoms with Crippen molar-refractivity contribution in [1.29, 1.82) is 0 Å². The van der Waals surface area contributed by atoms with Crippen LogP contribution in [0.25, 0.3) is 0 Å². The van der Waals surface area contributed by atoms with Crippen LogP contribution in [0.2, 0.25) is 0 Å². The second-order valence-electron chi connectivity index (χ2n) is 6.60. The second-order valence-corrected chi connectivity index (χ2v) is 8.54. The molecule has 0 saturated carbocycles. The van der Waals surface area contributed by atoms with Crippen LogP contribution in [0, 0.1) is 0 Å². The Morgan fingerprint density at radius 3 is 2.31 bits per heavy atom. The Kier molecular flexibility index (Phi) is 6.76. The first-order valence-corrected chi connectivity index (χ1v) is 11.2. The number of carbonyl (C=O) groups excluding carboxylic acids is 1. The normalized spacial score (nSPS) is 13.3. The van der Waals surface area contributed by atoms with E-state index in [2.05, 4.69) is 5.32 Å². The number of sulfonamides is 1. The summed E-state index contributed by atoms with van der Waals surface area (Å²) in [6, 6.07) is 11.9. The summed E-state index contributed by atoms with van der Waals surface area (Å²) < 4.78 is 37.4. The molecule has 29 heavy (non-hydrogen) atoms. The van der Waals surface area contributed by atoms with Gasteiger partial charge in [-0.15, -0.1) is 0 Å². The van der Waals surface area contributed by atoms with Gasteiger partial charge < -0.3 is 14.8 Å². The van der Waals surface area contributed by atoms with Crippen LogP contribution in [0.3, 0.4) is 0 Å². The molecular weight excluding hydrogens is 392 g/mol. The van der Waals surface area contributed by atoms with Gasteiger partial charge in [-0.25, -0.2) is 8.42 Å². The molecule has 0 unspecified atom stereocenters. The zero-order valence-corrected chi connectivity index (χ0v) is 17.5. The van der Waals surface area contributed by atoms with Gasteiger partial charge in [0.05, 0.1) is 4.90 Å². The SMILES string of the molecule is CCN(CC)S(=O)(=O)c1ccc(CCNC(=O)c2ccc3c(c2)OCCO3)cc1. The first kappa shape index (κ1) is 21.1. The van der Waals surface area contributed by atoms with E-state index < -0.39 is 10.0 Å². The van der Waals surface area contributed by atoms with E-state index in [1.807, 2.05) is 13.8 Å². The van der Waals surface area contributed by atoms with Crippen molar-refractivity contribution in [2.24, 2.45) is 0 Å². The highest BCUT2D eigenvalue weighted by atomic mass is 32.2. The van der Waals surface area contributed by atoms with E-state index in [9.17, 15) is 13.2 Å². The third-order valence-corrected chi connectivity index (χ3v) is 6.83. The Bertz CT molecular complexity index is 954. The lowest BCUT2D eigenvalue weighted by molar-refractivity contribution is 0.0953. The van der Waals surface area contributed by atoms with Crippen molar-refractivity contribution in [2.45, 2.75) is 25.2 Å². The van der Waals surface area contributed by atoms with Crippen molar-refractivity contribution in [3.63, 3.8) is 0 Å². The van der Waals surface area contributed by atoms with Crippen molar-refractivity contribution in [3.8, 4) is 11.5 Å². The fourth-order valence-corrected chi connectivity index (χ4v) is 4.61. The summed E-state index contributed by atoms with van der Waals surface area (Å²) in [5.41, 5.74) is 1.46. The van der Waals surface area contributed by atoms with Crippen LogP contribution >= 0.6 is 0 Å². The highest BCUT2D eigenvalue weighted by Gasteiger charge is 2.21. The minimum Gasteiger partial charge on any atom is -0.486 e. The van der Waals surface area contributed by atoms with Crippen LogP contribution in [0.4, 0.5) is 0 Å². The van der Waals surface area contributed by atoms with E-state index in [0.717, 1.165) is 5.56 Å². The van der Waals surface area contributed by atoms with Crippen molar-refractivity contribution in [1.82, 2.24) is 9.62 Å². The van der Waals surface area contributed by atoms with Gasteiger partial charge in [-0.2, -0.15) is 4.31 Å². The summed E-state index contributed by atoms with van der Waals surface area (Å²) in [6.45, 7) is 5.93. The lowest BCUT2D eigenvalue weighted by Crippen LogP contribution is -2.30. The summed E-state index contributed by atoms with van der Waals surface area (Å²) >= 11 is 0. The van der Waals surface area contributed by atoms with Crippen LogP contribution in [-0.4, -0.2) is 51.5 Å². The molecule has 7 nitrogen and oxygen atoms in total. The number of fused-ring (bicyclic) bond motifs is 1. The van der Waals surface area contributed by atoms with Crippen LogP contribution < -0.4 is 14.8 Å². The lowest BCUT2D eigenvalue weighted by Gasteiger charge is -2.19. The maximum absolute atomic E-state index is 12.5. The van der Waals surface area contributed by atoms with Crippen LogP contribution in [0.1, 0.15) is 29.8 Å². The molecule has 1 aliphatic heterocycles. The molecule has 3 rings (SSSR count). The molecule has 1 heterocycles. The van der Waals surface area contributed by atoms with Gasteiger partial charge in [0.1, 0.15) is 13.2 Å². The van der Waals surface area contributed by atoms with E-state index in [4.69, 9.17) is 9.47 Å². The molecule has 0 bridgehead atoms. The number of nitrogens with one attached hydrogen (secondary N) is 1. The van der Waals surface area contributed by atoms with E-state index in [-0.39, 0.29) is 10.8 Å². The Balaban J connectivity index is 1.56. The molecule has 1 amide bonds. The number of benzene rings is 2. The summed E-state index contributed by atoms with van der Waals surface area (Å²) in [5, 5.41) is 2.87.